The van der Waals surface area contributed by atoms with Crippen molar-refractivity contribution in [3.63, 3.8) is 0 Å². The van der Waals surface area contributed by atoms with Crippen LogP contribution in [-0.4, -0.2) is 30.8 Å². The van der Waals surface area contributed by atoms with Gasteiger partial charge in [-0.25, -0.2) is 0 Å². The molecule has 1 aliphatic rings. The molecule has 0 radical (unpaired) electrons. The minimum absolute atomic E-state index is 0.184. The molecule has 2 atom stereocenters. The molecule has 0 saturated heterocycles. The second kappa shape index (κ2) is 6.10. The van der Waals surface area contributed by atoms with Crippen LogP contribution in [0.25, 0.3) is 0 Å². The zero-order valence-corrected chi connectivity index (χ0v) is 13.2. The number of hydrogen-bond acceptors (Lipinski definition) is 4. The van der Waals surface area contributed by atoms with E-state index in [1.165, 1.54) is 0 Å². The molecule has 2 unspecified atom stereocenters. The molecule has 4 nitrogen and oxygen atoms in total. The van der Waals surface area contributed by atoms with Gasteiger partial charge in [0.2, 0.25) is 0 Å². The zero-order chi connectivity index (χ0) is 14.8. The number of nitrogens with one attached hydrogen (secondary N) is 1. The molecule has 1 fully saturated rings. The van der Waals surface area contributed by atoms with Crippen molar-refractivity contribution in [2.45, 2.75) is 52.8 Å². The highest BCUT2D eigenvalue weighted by Crippen LogP contribution is 2.42. The van der Waals surface area contributed by atoms with Gasteiger partial charge in [0, 0.05) is 42.4 Å². The van der Waals surface area contributed by atoms with Crippen molar-refractivity contribution < 1.29 is 9.47 Å². The van der Waals surface area contributed by atoms with Crippen molar-refractivity contribution in [2.24, 2.45) is 5.41 Å². The Balaban J connectivity index is 1.92. The second-order valence-electron chi connectivity index (χ2n) is 6.07. The van der Waals surface area contributed by atoms with Gasteiger partial charge in [0.25, 0.3) is 0 Å². The van der Waals surface area contributed by atoms with Crippen molar-refractivity contribution in [2.75, 3.05) is 13.7 Å². The number of hydrogen-bond donors (Lipinski definition) is 1. The van der Waals surface area contributed by atoms with Crippen molar-refractivity contribution >= 4 is 0 Å². The normalized spacial score (nSPS) is 24.2. The summed E-state index contributed by atoms with van der Waals surface area (Å²) in [6.07, 6.45) is 1.44. The van der Waals surface area contributed by atoms with Gasteiger partial charge in [-0.1, -0.05) is 13.8 Å². The Hall–Kier alpha value is -1.13. The molecular weight excluding hydrogens is 252 g/mol. The van der Waals surface area contributed by atoms with Crippen LogP contribution >= 0.6 is 0 Å². The molecule has 1 aromatic heterocycles. The van der Waals surface area contributed by atoms with Gasteiger partial charge in [0.15, 0.2) is 0 Å². The summed E-state index contributed by atoms with van der Waals surface area (Å²) in [5.41, 5.74) is 2.20. The number of aryl methyl sites for hydroxylation is 1. The predicted octanol–water partition coefficient (Wildman–Crippen LogP) is 2.69. The van der Waals surface area contributed by atoms with Gasteiger partial charge in [-0.2, -0.15) is 0 Å². The Morgan fingerprint density at radius 3 is 2.75 bits per heavy atom. The van der Waals surface area contributed by atoms with E-state index >= 15 is 0 Å². The molecule has 112 valence electrons. The lowest BCUT2D eigenvalue weighted by Crippen LogP contribution is -2.60. The lowest BCUT2D eigenvalue weighted by Gasteiger charge is -2.51. The Kier molecular flexibility index (Phi) is 4.66. The van der Waals surface area contributed by atoms with Crippen LogP contribution in [0, 0.1) is 12.3 Å². The molecule has 2 rings (SSSR count). The van der Waals surface area contributed by atoms with Crippen LogP contribution in [-0.2, 0) is 11.3 Å². The van der Waals surface area contributed by atoms with E-state index < -0.39 is 0 Å². The van der Waals surface area contributed by atoms with Crippen LogP contribution < -0.4 is 10.1 Å². The minimum Gasteiger partial charge on any atom is -0.497 e. The third-order valence-corrected chi connectivity index (χ3v) is 4.29. The first-order valence-corrected chi connectivity index (χ1v) is 7.34. The smallest absolute Gasteiger partial charge is 0.122 e. The summed E-state index contributed by atoms with van der Waals surface area (Å²) in [7, 11) is 1.69. The number of rotatable bonds is 6. The van der Waals surface area contributed by atoms with E-state index in [0.717, 1.165) is 36.7 Å². The Bertz CT molecular complexity index is 460. The summed E-state index contributed by atoms with van der Waals surface area (Å²) in [6.45, 7) is 10.1. The van der Waals surface area contributed by atoms with E-state index in [1.54, 1.807) is 7.11 Å². The van der Waals surface area contributed by atoms with Crippen LogP contribution in [0.5, 0.6) is 5.75 Å². The van der Waals surface area contributed by atoms with Crippen molar-refractivity contribution in [1.29, 1.82) is 0 Å². The minimum atomic E-state index is 0.184. The number of ether oxygens (including phenoxy) is 2. The van der Waals surface area contributed by atoms with E-state index in [0.29, 0.717) is 12.1 Å². The van der Waals surface area contributed by atoms with Crippen molar-refractivity contribution in [3.05, 3.63) is 23.5 Å². The molecule has 20 heavy (non-hydrogen) atoms. The van der Waals surface area contributed by atoms with Crippen LogP contribution in [0.1, 0.15) is 38.6 Å². The number of aromatic nitrogens is 1. The van der Waals surface area contributed by atoms with Gasteiger partial charge < -0.3 is 14.8 Å². The van der Waals surface area contributed by atoms with Crippen LogP contribution in [0.4, 0.5) is 0 Å². The van der Waals surface area contributed by atoms with Gasteiger partial charge in [-0.05, 0) is 20.3 Å². The fraction of sp³-hybridized carbons (Fsp3) is 0.688. The number of nitrogens with zero attached hydrogens (tertiary/aromatic N) is 1. The molecule has 1 aromatic rings. The van der Waals surface area contributed by atoms with E-state index in [4.69, 9.17) is 9.47 Å². The monoisotopic (exact) mass is 278 g/mol. The number of pyridine rings is 1. The van der Waals surface area contributed by atoms with E-state index in [2.05, 4.69) is 31.1 Å². The third-order valence-electron chi connectivity index (χ3n) is 4.29. The fourth-order valence-electron chi connectivity index (χ4n) is 2.85. The van der Waals surface area contributed by atoms with Gasteiger partial charge in [-0.3, -0.25) is 4.98 Å². The van der Waals surface area contributed by atoms with Crippen molar-refractivity contribution in [3.8, 4) is 5.75 Å². The Morgan fingerprint density at radius 2 is 2.15 bits per heavy atom. The SMILES string of the molecule is CCOC1CC(NCc2cc(OC)cc(C)n2)C1(C)C. The lowest BCUT2D eigenvalue weighted by atomic mass is 9.64. The second-order valence-corrected chi connectivity index (χ2v) is 6.07. The summed E-state index contributed by atoms with van der Waals surface area (Å²) in [6, 6.07) is 4.42. The first-order valence-electron chi connectivity index (χ1n) is 7.34. The maximum absolute atomic E-state index is 5.76. The maximum atomic E-state index is 5.76. The van der Waals surface area contributed by atoms with E-state index in [9.17, 15) is 0 Å². The van der Waals surface area contributed by atoms with Gasteiger partial charge in [-0.15, -0.1) is 0 Å². The zero-order valence-electron chi connectivity index (χ0n) is 13.2. The molecular formula is C16H26N2O2. The molecule has 1 aliphatic carbocycles. The maximum Gasteiger partial charge on any atom is 0.122 e. The van der Waals surface area contributed by atoms with Crippen LogP contribution in [0.15, 0.2) is 12.1 Å². The highest BCUT2D eigenvalue weighted by Gasteiger charge is 2.48. The lowest BCUT2D eigenvalue weighted by molar-refractivity contribution is -0.114. The molecule has 0 aliphatic heterocycles. The van der Waals surface area contributed by atoms with Crippen molar-refractivity contribution in [1.82, 2.24) is 10.3 Å². The molecule has 0 bridgehead atoms. The van der Waals surface area contributed by atoms with Gasteiger partial charge >= 0.3 is 0 Å². The summed E-state index contributed by atoms with van der Waals surface area (Å²) >= 11 is 0. The average Bonchev–Trinajstić information content (AvgIpc) is 2.41. The number of methoxy groups -OCH3 is 1. The molecule has 1 heterocycles. The highest BCUT2D eigenvalue weighted by atomic mass is 16.5. The van der Waals surface area contributed by atoms with Crippen LogP contribution in [0.2, 0.25) is 0 Å². The molecule has 1 N–H and O–H groups in total. The van der Waals surface area contributed by atoms with E-state index in [-0.39, 0.29) is 5.41 Å². The standard InChI is InChI=1S/C16H26N2O2/c1-6-20-15-9-14(16(15,3)4)17-10-12-8-13(19-5)7-11(2)18-12/h7-8,14-15,17H,6,9-10H2,1-5H3. The largest absolute Gasteiger partial charge is 0.497 e. The summed E-state index contributed by atoms with van der Waals surface area (Å²) in [4.78, 5) is 4.54. The topological polar surface area (TPSA) is 43.4 Å². The quantitative estimate of drug-likeness (QED) is 0.869. The summed E-state index contributed by atoms with van der Waals surface area (Å²) in [5.74, 6) is 0.870. The molecule has 0 spiro atoms. The van der Waals surface area contributed by atoms with Gasteiger partial charge in [0.1, 0.15) is 5.75 Å². The van der Waals surface area contributed by atoms with Gasteiger partial charge in [0.05, 0.1) is 18.9 Å². The Labute approximate surface area is 121 Å². The molecule has 0 aromatic carbocycles. The average molecular weight is 278 g/mol. The molecule has 1 saturated carbocycles. The molecule has 4 heteroatoms. The predicted molar refractivity (Wildman–Crippen MR) is 80.0 cm³/mol. The summed E-state index contributed by atoms with van der Waals surface area (Å²) in [5, 5.41) is 3.59. The first-order chi connectivity index (χ1) is 9.47. The van der Waals surface area contributed by atoms with E-state index in [1.807, 2.05) is 19.1 Å². The first kappa shape index (κ1) is 15.3. The van der Waals surface area contributed by atoms with Crippen LogP contribution in [0.3, 0.4) is 0 Å². The summed E-state index contributed by atoms with van der Waals surface area (Å²) < 4.78 is 11.0. The Morgan fingerprint density at radius 1 is 1.40 bits per heavy atom. The molecule has 0 amide bonds. The highest BCUT2D eigenvalue weighted by molar-refractivity contribution is 5.26. The third kappa shape index (κ3) is 3.13. The fourth-order valence-corrected chi connectivity index (χ4v) is 2.85.